The van der Waals surface area contributed by atoms with E-state index in [1.54, 1.807) is 7.11 Å². The maximum absolute atomic E-state index is 5.49. The Balaban J connectivity index is 2.65. The van der Waals surface area contributed by atoms with E-state index in [0.717, 1.165) is 21.5 Å². The minimum absolute atomic E-state index is 0.546. The van der Waals surface area contributed by atoms with Crippen LogP contribution in [0.2, 0.25) is 0 Å². The molecule has 2 aromatic rings. The Morgan fingerprint density at radius 3 is 2.35 bits per heavy atom. The van der Waals surface area contributed by atoms with Crippen molar-refractivity contribution in [1.29, 1.82) is 0 Å². The normalized spacial score (nSPS) is 11.4. The first-order valence-corrected chi connectivity index (χ1v) is 7.15. The zero-order valence-electron chi connectivity index (χ0n) is 12.1. The fourth-order valence-electron chi connectivity index (χ4n) is 1.76. The number of hydrogen-bond donors (Lipinski definition) is 1. The van der Waals surface area contributed by atoms with Gasteiger partial charge in [-0.05, 0) is 29.8 Å². The monoisotopic (exact) mass is 335 g/mol. The summed E-state index contributed by atoms with van der Waals surface area (Å²) in [6.07, 6.45) is 0. The van der Waals surface area contributed by atoms with E-state index in [1.165, 1.54) is 0 Å². The molecule has 0 radical (unpaired) electrons. The summed E-state index contributed by atoms with van der Waals surface area (Å²) in [4.78, 5) is 9.20. The fraction of sp³-hybridized carbons (Fsp3) is 0.333. The molecule has 20 heavy (non-hydrogen) atoms. The number of nitrogens with zero attached hydrogens (tertiary/aromatic N) is 2. The molecule has 0 aliphatic carbocycles. The highest BCUT2D eigenvalue weighted by Gasteiger charge is 2.26. The van der Waals surface area contributed by atoms with Crippen LogP contribution in [0, 0.1) is 0 Å². The summed E-state index contributed by atoms with van der Waals surface area (Å²) < 4.78 is 6.33. The van der Waals surface area contributed by atoms with Gasteiger partial charge in [0.15, 0.2) is 5.82 Å². The van der Waals surface area contributed by atoms with Gasteiger partial charge in [-0.1, -0.05) is 30.3 Å². The number of aromatic nitrogens is 2. The Labute approximate surface area is 127 Å². The number of benzene rings is 1. The number of nitrogens with one attached hydrogen (secondary N) is 1. The van der Waals surface area contributed by atoms with Crippen LogP contribution in [0.1, 0.15) is 19.7 Å². The van der Waals surface area contributed by atoms with Gasteiger partial charge in [-0.15, -0.1) is 0 Å². The van der Waals surface area contributed by atoms with Gasteiger partial charge in [0.2, 0.25) is 0 Å². The first kappa shape index (κ1) is 14.9. The summed E-state index contributed by atoms with van der Waals surface area (Å²) in [5.74, 6) is 1.39. The molecule has 0 aliphatic heterocycles. The first-order valence-electron chi connectivity index (χ1n) is 6.36. The van der Waals surface area contributed by atoms with Gasteiger partial charge >= 0.3 is 0 Å². The van der Waals surface area contributed by atoms with E-state index in [9.17, 15) is 0 Å². The van der Waals surface area contributed by atoms with Gasteiger partial charge in [0.1, 0.15) is 11.4 Å². The smallest absolute Gasteiger partial charge is 0.162 e. The molecule has 106 valence electrons. The lowest BCUT2D eigenvalue weighted by atomic mass is 10.1. The van der Waals surface area contributed by atoms with E-state index in [0.29, 0.717) is 5.82 Å². The molecule has 0 spiro atoms. The van der Waals surface area contributed by atoms with Crippen molar-refractivity contribution in [3.05, 3.63) is 40.6 Å². The molecule has 0 aliphatic rings. The van der Waals surface area contributed by atoms with Crippen molar-refractivity contribution in [2.45, 2.75) is 19.4 Å². The zero-order chi connectivity index (χ0) is 14.8. The van der Waals surface area contributed by atoms with E-state index in [4.69, 9.17) is 4.74 Å². The first-order chi connectivity index (χ1) is 9.49. The highest BCUT2D eigenvalue weighted by molar-refractivity contribution is 9.10. The summed E-state index contributed by atoms with van der Waals surface area (Å²) in [6.45, 7) is 3.90. The molecule has 0 fully saturated rings. The third-order valence-corrected chi connectivity index (χ3v) is 3.94. The van der Waals surface area contributed by atoms with E-state index in [-0.39, 0.29) is 0 Å². The van der Waals surface area contributed by atoms with Crippen molar-refractivity contribution in [3.63, 3.8) is 0 Å². The average Bonchev–Trinajstić information content (AvgIpc) is 2.48. The van der Waals surface area contributed by atoms with Gasteiger partial charge in [0.25, 0.3) is 0 Å². The van der Waals surface area contributed by atoms with E-state index in [2.05, 4.69) is 31.2 Å². The highest BCUT2D eigenvalue weighted by atomic mass is 79.9. The molecule has 0 atom stereocenters. The summed E-state index contributed by atoms with van der Waals surface area (Å²) in [5, 5.41) is 3.09. The predicted molar refractivity (Wildman–Crippen MR) is 84.7 cm³/mol. The molecule has 0 amide bonds. The minimum Gasteiger partial charge on any atom is -0.372 e. The Morgan fingerprint density at radius 2 is 1.80 bits per heavy atom. The number of ether oxygens (including phenoxy) is 1. The van der Waals surface area contributed by atoms with Crippen LogP contribution in [0.15, 0.2) is 34.8 Å². The number of methoxy groups -OCH3 is 1. The Kier molecular flexibility index (Phi) is 4.40. The van der Waals surface area contributed by atoms with Gasteiger partial charge in [0, 0.05) is 19.7 Å². The maximum Gasteiger partial charge on any atom is 0.162 e. The molecule has 1 aromatic heterocycles. The molecule has 0 saturated heterocycles. The van der Waals surface area contributed by atoms with Crippen LogP contribution in [0.5, 0.6) is 0 Å². The van der Waals surface area contributed by atoms with Crippen molar-refractivity contribution >= 4 is 21.7 Å². The summed E-state index contributed by atoms with van der Waals surface area (Å²) in [6, 6.07) is 10.0. The molecule has 1 heterocycles. The van der Waals surface area contributed by atoms with Gasteiger partial charge < -0.3 is 10.1 Å². The van der Waals surface area contributed by atoms with Gasteiger partial charge in [0.05, 0.1) is 10.2 Å². The summed E-state index contributed by atoms with van der Waals surface area (Å²) in [5.41, 5.74) is 1.34. The SMILES string of the molecule is CNc1nc(C(C)(C)OC)nc(-c2ccccc2)c1Br. The van der Waals surface area contributed by atoms with Crippen LogP contribution in [0.25, 0.3) is 11.3 Å². The number of anilines is 1. The summed E-state index contributed by atoms with van der Waals surface area (Å²) in [7, 11) is 3.50. The van der Waals surface area contributed by atoms with Gasteiger partial charge in [-0.25, -0.2) is 9.97 Å². The molecule has 2 rings (SSSR count). The molecule has 1 N–H and O–H groups in total. The van der Waals surface area contributed by atoms with Crippen LogP contribution >= 0.6 is 15.9 Å². The quantitative estimate of drug-likeness (QED) is 0.922. The van der Waals surface area contributed by atoms with E-state index >= 15 is 0 Å². The Bertz CT molecular complexity index is 600. The number of halogens is 1. The zero-order valence-corrected chi connectivity index (χ0v) is 13.7. The lowest BCUT2D eigenvalue weighted by Crippen LogP contribution is -2.24. The maximum atomic E-state index is 5.49. The van der Waals surface area contributed by atoms with E-state index < -0.39 is 5.60 Å². The van der Waals surface area contributed by atoms with Crippen LogP contribution in [-0.2, 0) is 10.3 Å². The third kappa shape index (κ3) is 2.83. The molecule has 0 unspecified atom stereocenters. The lowest BCUT2D eigenvalue weighted by Gasteiger charge is -2.23. The van der Waals surface area contributed by atoms with Crippen LogP contribution in [0.4, 0.5) is 5.82 Å². The van der Waals surface area contributed by atoms with Gasteiger partial charge in [-0.2, -0.15) is 0 Å². The molecule has 0 bridgehead atoms. The van der Waals surface area contributed by atoms with Crippen LogP contribution in [-0.4, -0.2) is 24.1 Å². The largest absolute Gasteiger partial charge is 0.372 e. The standard InChI is InChI=1S/C15H18BrN3O/c1-15(2,20-4)14-18-12(10-8-6-5-7-9-10)11(16)13(17-3)19-14/h5-9H,1-4H3,(H,17,18,19). The number of rotatable bonds is 4. The van der Waals surface area contributed by atoms with E-state index in [1.807, 2.05) is 51.2 Å². The molecule has 1 aromatic carbocycles. The van der Waals surface area contributed by atoms with Crippen molar-refractivity contribution in [2.75, 3.05) is 19.5 Å². The Morgan fingerprint density at radius 1 is 1.15 bits per heavy atom. The molecule has 0 saturated carbocycles. The average molecular weight is 336 g/mol. The van der Waals surface area contributed by atoms with Crippen molar-refractivity contribution < 1.29 is 4.74 Å². The topological polar surface area (TPSA) is 47.0 Å². The molecular formula is C15H18BrN3O. The predicted octanol–water partition coefficient (Wildman–Crippen LogP) is 3.83. The van der Waals surface area contributed by atoms with Crippen LogP contribution in [0.3, 0.4) is 0 Å². The molecular weight excluding hydrogens is 318 g/mol. The molecule has 4 nitrogen and oxygen atoms in total. The second kappa shape index (κ2) is 5.89. The Hall–Kier alpha value is -1.46. The van der Waals surface area contributed by atoms with Crippen LogP contribution < -0.4 is 5.32 Å². The van der Waals surface area contributed by atoms with Crippen molar-refractivity contribution in [3.8, 4) is 11.3 Å². The lowest BCUT2D eigenvalue weighted by molar-refractivity contribution is 0.0116. The van der Waals surface area contributed by atoms with Gasteiger partial charge in [-0.3, -0.25) is 0 Å². The summed E-state index contributed by atoms with van der Waals surface area (Å²) >= 11 is 3.57. The third-order valence-electron chi connectivity index (χ3n) is 3.18. The van der Waals surface area contributed by atoms with Crippen molar-refractivity contribution in [2.24, 2.45) is 0 Å². The number of hydrogen-bond acceptors (Lipinski definition) is 4. The minimum atomic E-state index is -0.546. The second-order valence-corrected chi connectivity index (χ2v) is 5.68. The molecule has 5 heteroatoms. The van der Waals surface area contributed by atoms with Crippen molar-refractivity contribution in [1.82, 2.24) is 9.97 Å². The second-order valence-electron chi connectivity index (χ2n) is 4.89. The highest BCUT2D eigenvalue weighted by Crippen LogP contribution is 2.34. The fourth-order valence-corrected chi connectivity index (χ4v) is 2.37.